The summed E-state index contributed by atoms with van der Waals surface area (Å²) in [6.07, 6.45) is 0.108. The molecule has 0 aliphatic heterocycles. The largest absolute Gasteiger partial charge is 0.336 e. The van der Waals surface area contributed by atoms with Gasteiger partial charge in [0, 0.05) is 23.3 Å². The first-order chi connectivity index (χ1) is 11.9. The Morgan fingerprint density at radius 1 is 1.28 bits per heavy atom. The summed E-state index contributed by atoms with van der Waals surface area (Å²) in [7, 11) is 1.77. The minimum Gasteiger partial charge on any atom is -0.336 e. The SMILES string of the molecule is Cc1cc(Cl)c(CC(=O)N(C)C(C)c2nc3ccccc3s2)c(Cl)n1. The minimum atomic E-state index is -0.138. The molecule has 25 heavy (non-hydrogen) atoms. The van der Waals surface area contributed by atoms with Crippen LogP contribution in [0.3, 0.4) is 0 Å². The summed E-state index contributed by atoms with van der Waals surface area (Å²) in [5, 5.41) is 1.64. The van der Waals surface area contributed by atoms with Crippen LogP contribution in [0, 0.1) is 6.92 Å². The molecule has 0 aliphatic carbocycles. The van der Waals surface area contributed by atoms with Crippen LogP contribution < -0.4 is 0 Å². The van der Waals surface area contributed by atoms with Crippen LogP contribution in [0.4, 0.5) is 0 Å². The molecule has 0 spiro atoms. The van der Waals surface area contributed by atoms with E-state index in [-0.39, 0.29) is 23.5 Å². The van der Waals surface area contributed by atoms with Crippen molar-refractivity contribution in [3.8, 4) is 0 Å². The molecule has 3 aromatic rings. The molecule has 0 fully saturated rings. The number of carbonyl (C=O) groups is 1. The van der Waals surface area contributed by atoms with Crippen LogP contribution in [-0.4, -0.2) is 27.8 Å². The molecular formula is C18H17Cl2N3OS. The Morgan fingerprint density at radius 3 is 2.68 bits per heavy atom. The third-order valence-electron chi connectivity index (χ3n) is 4.12. The van der Waals surface area contributed by atoms with Crippen molar-refractivity contribution in [3.63, 3.8) is 0 Å². The quantitative estimate of drug-likeness (QED) is 0.581. The van der Waals surface area contributed by atoms with E-state index in [9.17, 15) is 4.79 Å². The van der Waals surface area contributed by atoms with E-state index in [0.717, 1.165) is 20.9 Å². The number of thiazole rings is 1. The van der Waals surface area contributed by atoms with Gasteiger partial charge in [-0.2, -0.15) is 0 Å². The van der Waals surface area contributed by atoms with Crippen molar-refractivity contribution in [2.24, 2.45) is 0 Å². The number of likely N-dealkylation sites (N-methyl/N-ethyl adjacent to an activating group) is 1. The lowest BCUT2D eigenvalue weighted by atomic mass is 10.1. The van der Waals surface area contributed by atoms with Gasteiger partial charge in [0.05, 0.1) is 22.7 Å². The van der Waals surface area contributed by atoms with E-state index in [2.05, 4.69) is 9.97 Å². The van der Waals surface area contributed by atoms with Crippen molar-refractivity contribution < 1.29 is 4.79 Å². The molecule has 1 aromatic carbocycles. The number of amides is 1. The highest BCUT2D eigenvalue weighted by Gasteiger charge is 2.22. The van der Waals surface area contributed by atoms with Gasteiger partial charge in [-0.25, -0.2) is 9.97 Å². The molecule has 0 radical (unpaired) electrons. The molecule has 0 saturated carbocycles. The van der Waals surface area contributed by atoms with E-state index in [0.29, 0.717) is 10.6 Å². The van der Waals surface area contributed by atoms with Crippen LogP contribution >= 0.6 is 34.5 Å². The summed E-state index contributed by atoms with van der Waals surface area (Å²) >= 11 is 14.0. The first kappa shape index (κ1) is 18.1. The average molecular weight is 394 g/mol. The maximum absolute atomic E-state index is 12.7. The van der Waals surface area contributed by atoms with Gasteiger partial charge >= 0.3 is 0 Å². The lowest BCUT2D eigenvalue weighted by molar-refractivity contribution is -0.131. The Morgan fingerprint density at radius 2 is 2.00 bits per heavy atom. The minimum absolute atomic E-state index is 0.0822. The number of rotatable bonds is 4. The Bertz CT molecular complexity index is 885. The first-order valence-corrected chi connectivity index (χ1v) is 9.36. The van der Waals surface area contributed by atoms with E-state index in [4.69, 9.17) is 23.2 Å². The molecular weight excluding hydrogens is 377 g/mol. The summed E-state index contributed by atoms with van der Waals surface area (Å²) in [4.78, 5) is 23.2. The number of hydrogen-bond acceptors (Lipinski definition) is 4. The van der Waals surface area contributed by atoms with Gasteiger partial charge in [-0.15, -0.1) is 11.3 Å². The average Bonchev–Trinajstić information content (AvgIpc) is 3.00. The van der Waals surface area contributed by atoms with Crippen LogP contribution in [0.1, 0.15) is 29.2 Å². The molecule has 0 aliphatic rings. The zero-order valence-corrected chi connectivity index (χ0v) is 16.4. The van der Waals surface area contributed by atoms with E-state index in [1.807, 2.05) is 38.1 Å². The van der Waals surface area contributed by atoms with Crippen LogP contribution in [-0.2, 0) is 11.2 Å². The van der Waals surface area contributed by atoms with Gasteiger partial charge < -0.3 is 4.90 Å². The molecule has 4 nitrogen and oxygen atoms in total. The van der Waals surface area contributed by atoms with Crippen molar-refractivity contribution in [2.45, 2.75) is 26.3 Å². The normalized spacial score (nSPS) is 12.4. The van der Waals surface area contributed by atoms with Crippen molar-refractivity contribution in [3.05, 3.63) is 56.8 Å². The van der Waals surface area contributed by atoms with E-state index in [1.54, 1.807) is 29.4 Å². The standard InChI is InChI=1S/C18H17Cl2N3OS/c1-10-8-13(19)12(17(20)21-10)9-16(24)23(3)11(2)18-22-14-6-4-5-7-15(14)25-18/h4-8,11H,9H2,1-3H3. The number of nitrogens with zero attached hydrogens (tertiary/aromatic N) is 3. The number of hydrogen-bond donors (Lipinski definition) is 0. The topological polar surface area (TPSA) is 46.1 Å². The highest BCUT2D eigenvalue weighted by atomic mass is 35.5. The van der Waals surface area contributed by atoms with Crippen LogP contribution in [0.2, 0.25) is 10.2 Å². The zero-order chi connectivity index (χ0) is 18.1. The van der Waals surface area contributed by atoms with Crippen LogP contribution in [0.25, 0.3) is 10.2 Å². The second kappa shape index (κ2) is 7.28. The third kappa shape index (κ3) is 3.78. The number of carbonyl (C=O) groups excluding carboxylic acids is 1. The summed E-state index contributed by atoms with van der Waals surface area (Å²) in [6.45, 7) is 3.77. The molecule has 1 amide bonds. The Kier molecular flexibility index (Phi) is 5.27. The summed E-state index contributed by atoms with van der Waals surface area (Å²) in [5.41, 5.74) is 2.23. The summed E-state index contributed by atoms with van der Waals surface area (Å²) < 4.78 is 1.11. The zero-order valence-electron chi connectivity index (χ0n) is 14.1. The van der Waals surface area contributed by atoms with Gasteiger partial charge in [0.25, 0.3) is 0 Å². The van der Waals surface area contributed by atoms with Crippen molar-refractivity contribution in [2.75, 3.05) is 7.05 Å². The Balaban J connectivity index is 1.80. The number of pyridine rings is 1. The Hall–Kier alpha value is -1.69. The molecule has 3 rings (SSSR count). The highest BCUT2D eigenvalue weighted by molar-refractivity contribution is 7.18. The molecule has 130 valence electrons. The van der Waals surface area contributed by atoms with Crippen molar-refractivity contribution >= 4 is 50.7 Å². The third-order valence-corrected chi connectivity index (χ3v) is 5.97. The number of aromatic nitrogens is 2. The number of para-hydroxylation sites is 1. The second-order valence-corrected chi connectivity index (χ2v) is 7.72. The molecule has 0 N–H and O–H groups in total. The number of aryl methyl sites for hydroxylation is 1. The fraction of sp³-hybridized carbons (Fsp3) is 0.278. The van der Waals surface area contributed by atoms with E-state index >= 15 is 0 Å². The predicted molar refractivity (Wildman–Crippen MR) is 104 cm³/mol. The maximum Gasteiger partial charge on any atom is 0.227 e. The lowest BCUT2D eigenvalue weighted by Crippen LogP contribution is -2.31. The predicted octanol–water partition coefficient (Wildman–Crippen LogP) is 5.07. The highest BCUT2D eigenvalue weighted by Crippen LogP contribution is 2.30. The molecule has 1 unspecified atom stereocenters. The van der Waals surface area contributed by atoms with Gasteiger partial charge in [-0.3, -0.25) is 4.79 Å². The van der Waals surface area contributed by atoms with E-state index in [1.165, 1.54) is 0 Å². The summed E-state index contributed by atoms with van der Waals surface area (Å²) in [5.74, 6) is -0.0822. The van der Waals surface area contributed by atoms with Gasteiger partial charge in [0.2, 0.25) is 5.91 Å². The fourth-order valence-electron chi connectivity index (χ4n) is 2.51. The van der Waals surface area contributed by atoms with E-state index < -0.39 is 0 Å². The van der Waals surface area contributed by atoms with Crippen molar-refractivity contribution in [1.29, 1.82) is 0 Å². The van der Waals surface area contributed by atoms with Crippen LogP contribution in [0.15, 0.2) is 30.3 Å². The fourth-order valence-corrected chi connectivity index (χ4v) is 4.23. The lowest BCUT2D eigenvalue weighted by Gasteiger charge is -2.23. The number of halogens is 2. The maximum atomic E-state index is 12.7. The van der Waals surface area contributed by atoms with Gasteiger partial charge in [-0.05, 0) is 32.0 Å². The molecule has 1 atom stereocenters. The number of benzene rings is 1. The van der Waals surface area contributed by atoms with Crippen LogP contribution in [0.5, 0.6) is 0 Å². The Labute approximate surface area is 160 Å². The van der Waals surface area contributed by atoms with Gasteiger partial charge in [0.1, 0.15) is 10.2 Å². The smallest absolute Gasteiger partial charge is 0.227 e. The van der Waals surface area contributed by atoms with Gasteiger partial charge in [-0.1, -0.05) is 35.3 Å². The number of fused-ring (bicyclic) bond motifs is 1. The monoisotopic (exact) mass is 393 g/mol. The second-order valence-electron chi connectivity index (χ2n) is 5.89. The summed E-state index contributed by atoms with van der Waals surface area (Å²) in [6, 6.07) is 9.52. The van der Waals surface area contributed by atoms with Gasteiger partial charge in [0.15, 0.2) is 0 Å². The molecule has 0 bridgehead atoms. The van der Waals surface area contributed by atoms with Crippen molar-refractivity contribution in [1.82, 2.24) is 14.9 Å². The first-order valence-electron chi connectivity index (χ1n) is 7.79. The molecule has 7 heteroatoms. The molecule has 2 aromatic heterocycles. The molecule has 0 saturated heterocycles. The molecule has 2 heterocycles.